The number of likely N-dealkylation sites (tertiary alicyclic amines) is 1. The van der Waals surface area contributed by atoms with Gasteiger partial charge >= 0.3 is 0 Å². The van der Waals surface area contributed by atoms with Crippen molar-refractivity contribution in [2.24, 2.45) is 11.0 Å². The van der Waals surface area contributed by atoms with Gasteiger partial charge in [0.2, 0.25) is 5.91 Å². The number of hydrazone groups is 1. The van der Waals surface area contributed by atoms with E-state index in [-0.39, 0.29) is 17.7 Å². The number of piperidine rings is 1. The highest BCUT2D eigenvalue weighted by Gasteiger charge is 2.27. The van der Waals surface area contributed by atoms with Crippen molar-refractivity contribution in [3.05, 3.63) is 95.6 Å². The molecule has 1 aliphatic heterocycles. The first-order valence-corrected chi connectivity index (χ1v) is 11.7. The highest BCUT2D eigenvalue weighted by molar-refractivity contribution is 5.95. The zero-order valence-corrected chi connectivity index (χ0v) is 19.7. The molecule has 180 valence electrons. The molecule has 7 nitrogen and oxygen atoms in total. The van der Waals surface area contributed by atoms with Gasteiger partial charge in [0, 0.05) is 30.1 Å². The number of rotatable bonds is 8. The number of hydrogen-bond donors (Lipinski definition) is 1. The molecule has 1 aliphatic rings. The normalized spacial score (nSPS) is 14.0. The molecule has 3 aromatic rings. The van der Waals surface area contributed by atoms with Crippen molar-refractivity contribution in [1.82, 2.24) is 10.3 Å². The molecule has 0 atom stereocenters. The number of amides is 2. The molecule has 4 rings (SSSR count). The van der Waals surface area contributed by atoms with Crippen LogP contribution in [0.5, 0.6) is 11.5 Å². The van der Waals surface area contributed by atoms with Gasteiger partial charge in [-0.2, -0.15) is 5.10 Å². The summed E-state index contributed by atoms with van der Waals surface area (Å²) in [5, 5.41) is 4.15. The van der Waals surface area contributed by atoms with E-state index in [4.69, 9.17) is 9.47 Å². The highest BCUT2D eigenvalue weighted by atomic mass is 16.5. The first-order valence-electron chi connectivity index (χ1n) is 11.7. The van der Waals surface area contributed by atoms with E-state index >= 15 is 0 Å². The summed E-state index contributed by atoms with van der Waals surface area (Å²) in [7, 11) is 1.58. The van der Waals surface area contributed by atoms with Crippen molar-refractivity contribution in [2.75, 3.05) is 20.2 Å². The lowest BCUT2D eigenvalue weighted by atomic mass is 9.95. The maximum absolute atomic E-state index is 12.8. The minimum atomic E-state index is -0.189. The van der Waals surface area contributed by atoms with Crippen LogP contribution in [0.25, 0.3) is 0 Å². The summed E-state index contributed by atoms with van der Waals surface area (Å²) in [5.74, 6) is 0.963. The summed E-state index contributed by atoms with van der Waals surface area (Å²) in [5.41, 5.74) is 5.09. The molecule has 0 radical (unpaired) electrons. The molecule has 35 heavy (non-hydrogen) atoms. The molecule has 0 aromatic heterocycles. The topological polar surface area (TPSA) is 80.2 Å². The number of carbonyl (C=O) groups is 2. The SMILES string of the molecule is COc1cccc(C(=O)N2CCC(C(=O)N/N=C\c3ccccc3OCc3ccccc3)CC2)c1. The number of para-hydroxylation sites is 1. The van der Waals surface area contributed by atoms with Gasteiger partial charge in [0.15, 0.2) is 0 Å². The Balaban J connectivity index is 1.27. The van der Waals surface area contributed by atoms with Crippen LogP contribution in [0.1, 0.15) is 34.3 Å². The smallest absolute Gasteiger partial charge is 0.253 e. The quantitative estimate of drug-likeness (QED) is 0.393. The number of carbonyl (C=O) groups excluding carboxylic acids is 2. The number of nitrogens with zero attached hydrogens (tertiary/aromatic N) is 2. The number of methoxy groups -OCH3 is 1. The Morgan fingerprint density at radius 1 is 1.00 bits per heavy atom. The summed E-state index contributed by atoms with van der Waals surface area (Å²) >= 11 is 0. The second-order valence-electron chi connectivity index (χ2n) is 8.34. The van der Waals surface area contributed by atoms with Crippen LogP contribution in [0.4, 0.5) is 0 Å². The van der Waals surface area contributed by atoms with E-state index in [2.05, 4.69) is 10.5 Å². The van der Waals surface area contributed by atoms with Gasteiger partial charge < -0.3 is 14.4 Å². The first kappa shape index (κ1) is 24.0. The van der Waals surface area contributed by atoms with Crippen LogP contribution in [-0.4, -0.2) is 43.1 Å². The van der Waals surface area contributed by atoms with Crippen molar-refractivity contribution in [2.45, 2.75) is 19.4 Å². The third-order valence-corrected chi connectivity index (χ3v) is 6.00. The second-order valence-corrected chi connectivity index (χ2v) is 8.34. The minimum absolute atomic E-state index is 0.0483. The largest absolute Gasteiger partial charge is 0.497 e. The van der Waals surface area contributed by atoms with Crippen LogP contribution >= 0.6 is 0 Å². The molecular weight excluding hydrogens is 442 g/mol. The average Bonchev–Trinajstić information content (AvgIpc) is 2.92. The van der Waals surface area contributed by atoms with E-state index in [0.717, 1.165) is 11.1 Å². The first-order chi connectivity index (χ1) is 17.1. The van der Waals surface area contributed by atoms with Crippen molar-refractivity contribution in [3.63, 3.8) is 0 Å². The Hall–Kier alpha value is -4.13. The van der Waals surface area contributed by atoms with Gasteiger partial charge in [-0.05, 0) is 48.7 Å². The summed E-state index contributed by atoms with van der Waals surface area (Å²) in [4.78, 5) is 27.2. The minimum Gasteiger partial charge on any atom is -0.497 e. The molecule has 0 bridgehead atoms. The third kappa shape index (κ3) is 6.47. The zero-order valence-electron chi connectivity index (χ0n) is 19.7. The summed E-state index contributed by atoms with van der Waals surface area (Å²) in [6.07, 6.45) is 2.78. The van der Waals surface area contributed by atoms with Gasteiger partial charge in [-0.1, -0.05) is 48.5 Å². The van der Waals surface area contributed by atoms with Crippen molar-refractivity contribution in [3.8, 4) is 11.5 Å². The fraction of sp³-hybridized carbons (Fsp3) is 0.250. The number of nitrogens with one attached hydrogen (secondary N) is 1. The van der Waals surface area contributed by atoms with E-state index in [1.165, 1.54) is 0 Å². The zero-order chi connectivity index (χ0) is 24.5. The maximum Gasteiger partial charge on any atom is 0.253 e. The molecule has 7 heteroatoms. The Kier molecular flexibility index (Phi) is 8.12. The van der Waals surface area contributed by atoms with Crippen molar-refractivity contribution >= 4 is 18.0 Å². The Morgan fingerprint density at radius 2 is 1.74 bits per heavy atom. The van der Waals surface area contributed by atoms with Gasteiger partial charge in [0.1, 0.15) is 18.1 Å². The fourth-order valence-electron chi connectivity index (χ4n) is 3.99. The molecule has 3 aromatic carbocycles. The van der Waals surface area contributed by atoms with E-state index in [9.17, 15) is 9.59 Å². The van der Waals surface area contributed by atoms with Crippen LogP contribution in [-0.2, 0) is 11.4 Å². The van der Waals surface area contributed by atoms with E-state index in [1.54, 1.807) is 36.4 Å². The van der Waals surface area contributed by atoms with Crippen LogP contribution < -0.4 is 14.9 Å². The average molecular weight is 472 g/mol. The summed E-state index contributed by atoms with van der Waals surface area (Å²) in [6, 6.07) is 24.6. The molecule has 1 heterocycles. The summed E-state index contributed by atoms with van der Waals surface area (Å²) < 4.78 is 11.1. The van der Waals surface area contributed by atoms with Gasteiger partial charge in [-0.3, -0.25) is 9.59 Å². The second kappa shape index (κ2) is 11.8. The lowest BCUT2D eigenvalue weighted by molar-refractivity contribution is -0.126. The Labute approximate surface area is 205 Å². The van der Waals surface area contributed by atoms with E-state index < -0.39 is 0 Å². The van der Waals surface area contributed by atoms with Crippen LogP contribution in [0.15, 0.2) is 84.0 Å². The molecule has 1 saturated heterocycles. The molecule has 0 spiro atoms. The molecule has 0 saturated carbocycles. The monoisotopic (exact) mass is 471 g/mol. The van der Waals surface area contributed by atoms with Crippen LogP contribution in [0, 0.1) is 5.92 Å². The predicted octanol–water partition coefficient (Wildman–Crippen LogP) is 4.28. The van der Waals surface area contributed by atoms with Crippen molar-refractivity contribution in [1.29, 1.82) is 0 Å². The van der Waals surface area contributed by atoms with Gasteiger partial charge in [0.25, 0.3) is 5.91 Å². The number of hydrogen-bond acceptors (Lipinski definition) is 5. The van der Waals surface area contributed by atoms with Crippen LogP contribution in [0.3, 0.4) is 0 Å². The predicted molar refractivity (Wildman–Crippen MR) is 135 cm³/mol. The molecule has 0 unspecified atom stereocenters. The van der Waals surface area contributed by atoms with Crippen LogP contribution in [0.2, 0.25) is 0 Å². The third-order valence-electron chi connectivity index (χ3n) is 6.00. The fourth-order valence-corrected chi connectivity index (χ4v) is 3.99. The maximum atomic E-state index is 12.8. The van der Waals surface area contributed by atoms with Crippen molar-refractivity contribution < 1.29 is 19.1 Å². The molecule has 1 fully saturated rings. The lowest BCUT2D eigenvalue weighted by Gasteiger charge is -2.31. The highest BCUT2D eigenvalue weighted by Crippen LogP contribution is 2.21. The van der Waals surface area contributed by atoms with E-state index in [1.807, 2.05) is 60.7 Å². The van der Waals surface area contributed by atoms with E-state index in [0.29, 0.717) is 49.6 Å². The molecule has 1 N–H and O–H groups in total. The Bertz CT molecular complexity index is 1170. The Morgan fingerprint density at radius 3 is 2.51 bits per heavy atom. The molecule has 0 aliphatic carbocycles. The molecular formula is C28H29N3O4. The number of benzene rings is 3. The van der Waals surface area contributed by atoms with Gasteiger partial charge in [-0.25, -0.2) is 5.43 Å². The standard InChI is InChI=1S/C28H29N3O4/c1-34-25-12-7-11-23(18-25)28(33)31-16-14-22(15-17-31)27(32)30-29-19-24-10-5-6-13-26(24)35-20-21-8-3-2-4-9-21/h2-13,18-19,22H,14-17,20H2,1H3,(H,30,32)/b29-19-. The summed E-state index contributed by atoms with van der Waals surface area (Å²) in [6.45, 7) is 1.49. The van der Waals surface area contributed by atoms with Gasteiger partial charge in [-0.15, -0.1) is 0 Å². The molecule has 2 amide bonds. The van der Waals surface area contributed by atoms with Gasteiger partial charge in [0.05, 0.1) is 13.3 Å². The lowest BCUT2D eigenvalue weighted by Crippen LogP contribution is -2.42. The number of ether oxygens (including phenoxy) is 2.